The van der Waals surface area contributed by atoms with Gasteiger partial charge in [-0.2, -0.15) is 0 Å². The number of aromatic nitrogens is 3. The van der Waals surface area contributed by atoms with Crippen molar-refractivity contribution >= 4 is 33.0 Å². The molecule has 0 radical (unpaired) electrons. The first-order valence-electron chi connectivity index (χ1n) is 13.1. The molecule has 0 saturated heterocycles. The minimum Gasteiger partial charge on any atom is -0.539 e. The predicted molar refractivity (Wildman–Crippen MR) is 160 cm³/mol. The summed E-state index contributed by atoms with van der Waals surface area (Å²) in [5.74, 6) is -0.150. The summed E-state index contributed by atoms with van der Waals surface area (Å²) in [5.41, 5.74) is 11.1. The topological polar surface area (TPSA) is 137 Å². The number of methoxy groups -OCH3 is 3. The average molecular weight is 595 g/mol. The van der Waals surface area contributed by atoms with Crippen LogP contribution in [0, 0.1) is 6.92 Å². The van der Waals surface area contributed by atoms with Gasteiger partial charge in [0.1, 0.15) is 9.71 Å². The molecule has 0 amide bonds. The van der Waals surface area contributed by atoms with Gasteiger partial charge in [-0.1, -0.05) is 48.0 Å². The lowest BCUT2D eigenvalue weighted by Crippen LogP contribution is -2.39. The van der Waals surface area contributed by atoms with Gasteiger partial charge in [0, 0.05) is 23.1 Å². The number of nitrogens with two attached hydrogens (primary N) is 1. The van der Waals surface area contributed by atoms with Crippen molar-refractivity contribution in [2.45, 2.75) is 6.92 Å². The van der Waals surface area contributed by atoms with E-state index < -0.39 is 11.7 Å². The second-order valence-corrected chi connectivity index (χ2v) is 10.6. The van der Waals surface area contributed by atoms with Gasteiger partial charge in [0.15, 0.2) is 17.4 Å². The fourth-order valence-electron chi connectivity index (χ4n) is 4.92. The molecule has 2 N–H and O–H groups in total. The van der Waals surface area contributed by atoms with Crippen LogP contribution in [-0.2, 0) is 0 Å². The summed E-state index contributed by atoms with van der Waals surface area (Å²) in [6.45, 7) is 1.93. The fraction of sp³-hybridized carbons (Fsp3) is 0.125. The zero-order valence-corrected chi connectivity index (χ0v) is 24.5. The first-order chi connectivity index (χ1) is 20.8. The van der Waals surface area contributed by atoms with Crippen LogP contribution in [-0.4, -0.2) is 37.4 Å². The second-order valence-electron chi connectivity index (χ2n) is 9.65. The van der Waals surface area contributed by atoms with Gasteiger partial charge >= 0.3 is 5.69 Å². The monoisotopic (exact) mass is 594 g/mol. The summed E-state index contributed by atoms with van der Waals surface area (Å²) >= 11 is 1.10. The molecule has 3 aromatic carbocycles. The lowest BCUT2D eigenvalue weighted by Gasteiger charge is -2.15. The number of ether oxygens (including phenoxy) is 3. The van der Waals surface area contributed by atoms with Crippen molar-refractivity contribution in [3.63, 3.8) is 0 Å². The molecule has 10 nitrogen and oxygen atoms in total. The molecule has 0 aliphatic carbocycles. The normalized spacial score (nSPS) is 11.1. The molecule has 0 aliphatic rings. The van der Waals surface area contributed by atoms with E-state index in [1.54, 1.807) is 12.1 Å². The summed E-state index contributed by atoms with van der Waals surface area (Å²) in [5, 5.41) is 17.2. The molecule has 3 aromatic heterocycles. The first-order valence-corrected chi connectivity index (χ1v) is 14.0. The highest BCUT2D eigenvalue weighted by Gasteiger charge is 2.33. The standard InChI is InChI=1S/C32H26N4O6S/c1-17-10-12-20(13-11-17)36-27(32(38)42-35-36)28(37)30-26(33)25-21(19-14-23(39-2)29(41-4)24(15-19)40-3)16-22(34-31(25)43-30)18-8-6-5-7-9-18/h5-16H,1-4H3,(H2-,33,35,37,38). The van der Waals surface area contributed by atoms with Crippen molar-refractivity contribution in [2.75, 3.05) is 27.1 Å². The minimum atomic E-state index is -0.870. The number of hydrogen-bond acceptors (Lipinski definition) is 10. The maximum Gasteiger partial charge on any atom is 0.312 e. The van der Waals surface area contributed by atoms with Crippen molar-refractivity contribution in [3.05, 3.63) is 88.9 Å². The summed E-state index contributed by atoms with van der Waals surface area (Å²) in [7, 11) is 4.61. The number of aryl methyl sites for hydroxylation is 1. The Balaban J connectivity index is 1.59. The van der Waals surface area contributed by atoms with Gasteiger partial charge in [-0.15, -0.1) is 11.3 Å². The Kier molecular flexibility index (Phi) is 7.16. The van der Waals surface area contributed by atoms with Gasteiger partial charge < -0.3 is 29.6 Å². The highest BCUT2D eigenvalue weighted by atomic mass is 32.1. The number of anilines is 1. The van der Waals surface area contributed by atoms with E-state index in [1.165, 1.54) is 26.0 Å². The quantitative estimate of drug-likeness (QED) is 0.188. The van der Waals surface area contributed by atoms with E-state index in [-0.39, 0.29) is 16.3 Å². The highest BCUT2D eigenvalue weighted by molar-refractivity contribution is 7.21. The van der Waals surface area contributed by atoms with Crippen LogP contribution in [0.5, 0.6) is 23.2 Å². The molecule has 11 heteroatoms. The average Bonchev–Trinajstić information content (AvgIpc) is 3.59. The van der Waals surface area contributed by atoms with Crippen molar-refractivity contribution in [3.8, 4) is 51.3 Å². The van der Waals surface area contributed by atoms with E-state index in [0.29, 0.717) is 50.0 Å². The van der Waals surface area contributed by atoms with E-state index in [1.807, 2.05) is 67.6 Å². The molecular formula is C32H26N4O6S. The van der Waals surface area contributed by atoms with Crippen LogP contribution in [0.1, 0.15) is 20.9 Å². The predicted octanol–water partition coefficient (Wildman–Crippen LogP) is 5.12. The van der Waals surface area contributed by atoms with Crippen LogP contribution in [0.25, 0.3) is 38.3 Å². The lowest BCUT2D eigenvalue weighted by atomic mass is 9.98. The van der Waals surface area contributed by atoms with Crippen LogP contribution >= 0.6 is 11.3 Å². The smallest absolute Gasteiger partial charge is 0.312 e. The Morgan fingerprint density at radius 1 is 0.930 bits per heavy atom. The Hall–Kier alpha value is -5.42. The second kappa shape index (κ2) is 11.1. The summed E-state index contributed by atoms with van der Waals surface area (Å²) in [4.78, 5) is 19.5. The molecule has 0 bridgehead atoms. The molecule has 6 aromatic rings. The van der Waals surface area contributed by atoms with E-state index in [0.717, 1.165) is 22.5 Å². The zero-order valence-electron chi connectivity index (χ0n) is 23.7. The Morgan fingerprint density at radius 2 is 1.60 bits per heavy atom. The molecule has 0 aliphatic heterocycles. The van der Waals surface area contributed by atoms with Crippen LogP contribution < -0.4 is 29.7 Å². The molecule has 43 heavy (non-hydrogen) atoms. The molecule has 0 fully saturated rings. The highest BCUT2D eigenvalue weighted by Crippen LogP contribution is 2.46. The van der Waals surface area contributed by atoms with E-state index in [9.17, 15) is 9.90 Å². The van der Waals surface area contributed by atoms with Crippen molar-refractivity contribution in [2.24, 2.45) is 0 Å². The minimum absolute atomic E-state index is 0.141. The third-order valence-corrected chi connectivity index (χ3v) is 8.15. The SMILES string of the molecule is COc1cc(-c2cc(-c3ccccc3)nc3sc(C(=O)c4c([O-])on[n+]4-c4ccc(C)cc4)c(N)c23)cc(OC)c1OC. The number of ketones is 1. The molecule has 216 valence electrons. The molecule has 6 rings (SSSR count). The van der Waals surface area contributed by atoms with Crippen molar-refractivity contribution in [1.82, 2.24) is 10.3 Å². The summed E-state index contributed by atoms with van der Waals surface area (Å²) in [6.07, 6.45) is 0. The van der Waals surface area contributed by atoms with Gasteiger partial charge in [0.05, 0.1) is 38.0 Å². The molecule has 0 atom stereocenters. The molecule has 0 saturated carbocycles. The Labute approximate surface area is 250 Å². The van der Waals surface area contributed by atoms with Crippen LogP contribution in [0.15, 0.2) is 77.3 Å². The lowest BCUT2D eigenvalue weighted by molar-refractivity contribution is -0.672. The summed E-state index contributed by atoms with van der Waals surface area (Å²) in [6, 6.07) is 22.4. The van der Waals surface area contributed by atoms with Gasteiger partial charge in [-0.25, -0.2) is 4.98 Å². The maximum absolute atomic E-state index is 14.0. The maximum atomic E-state index is 14.0. The van der Waals surface area contributed by atoms with E-state index in [2.05, 4.69) is 5.27 Å². The first kappa shape index (κ1) is 27.7. The van der Waals surface area contributed by atoms with E-state index >= 15 is 0 Å². The molecule has 0 unspecified atom stereocenters. The molecule has 3 heterocycles. The number of carbonyl (C=O) groups is 1. The third kappa shape index (κ3) is 4.79. The number of benzene rings is 3. The Morgan fingerprint density at radius 3 is 2.23 bits per heavy atom. The van der Waals surface area contributed by atoms with Crippen molar-refractivity contribution < 1.29 is 33.3 Å². The number of fused-ring (bicyclic) bond motifs is 1. The molecular weight excluding hydrogens is 568 g/mol. The molecule has 0 spiro atoms. The van der Waals surface area contributed by atoms with Crippen LogP contribution in [0.4, 0.5) is 5.69 Å². The van der Waals surface area contributed by atoms with E-state index in [4.69, 9.17) is 29.5 Å². The number of rotatable bonds is 8. The van der Waals surface area contributed by atoms with Gasteiger partial charge in [-0.05, 0) is 40.9 Å². The summed E-state index contributed by atoms with van der Waals surface area (Å²) < 4.78 is 22.9. The number of nitrogens with zero attached hydrogens (tertiary/aromatic N) is 3. The Bertz CT molecular complexity index is 1960. The third-order valence-electron chi connectivity index (χ3n) is 7.05. The van der Waals surface area contributed by atoms with Gasteiger partial charge in [0.25, 0.3) is 5.78 Å². The zero-order chi connectivity index (χ0) is 30.2. The number of hydrogen-bond donors (Lipinski definition) is 1. The van der Waals surface area contributed by atoms with Gasteiger partial charge in [0.2, 0.25) is 11.4 Å². The number of pyridine rings is 1. The fourth-order valence-corrected chi connectivity index (χ4v) is 5.98. The van der Waals surface area contributed by atoms with Crippen LogP contribution in [0.3, 0.4) is 0 Å². The number of thiophene rings is 1. The number of carbonyl (C=O) groups excluding carboxylic acids is 1. The van der Waals surface area contributed by atoms with Gasteiger partial charge in [-0.3, -0.25) is 4.79 Å². The largest absolute Gasteiger partial charge is 0.539 e. The van der Waals surface area contributed by atoms with Crippen molar-refractivity contribution in [1.29, 1.82) is 0 Å². The number of nitrogen functional groups attached to an aromatic ring is 1. The van der Waals surface area contributed by atoms with Crippen LogP contribution in [0.2, 0.25) is 0 Å².